The molecule has 0 aromatic heterocycles. The van der Waals surface area contributed by atoms with Gasteiger partial charge < -0.3 is 5.32 Å². The van der Waals surface area contributed by atoms with Gasteiger partial charge in [-0.25, -0.2) is 0 Å². The van der Waals surface area contributed by atoms with Crippen LogP contribution in [0.15, 0.2) is 42.5 Å². The Morgan fingerprint density at radius 3 is 2.33 bits per heavy atom. The van der Waals surface area contributed by atoms with Gasteiger partial charge in [0.05, 0.1) is 0 Å². The van der Waals surface area contributed by atoms with Crippen LogP contribution in [-0.2, 0) is 5.41 Å². The predicted octanol–water partition coefficient (Wildman–Crippen LogP) is 4.90. The summed E-state index contributed by atoms with van der Waals surface area (Å²) < 4.78 is 0. The van der Waals surface area contributed by atoms with E-state index in [0.29, 0.717) is 11.5 Å². The van der Waals surface area contributed by atoms with Gasteiger partial charge in [-0.1, -0.05) is 62.7 Å². The summed E-state index contributed by atoms with van der Waals surface area (Å²) in [5.74, 6) is 0.736. The molecule has 1 atom stereocenters. The molecule has 0 aliphatic heterocycles. The van der Waals surface area contributed by atoms with E-state index in [-0.39, 0.29) is 0 Å². The number of hydrogen-bond donors (Lipinski definition) is 1. The summed E-state index contributed by atoms with van der Waals surface area (Å²) in [6.45, 7) is 4.66. The molecule has 2 aromatic rings. The second-order valence-corrected chi connectivity index (χ2v) is 7.04. The molecule has 1 fully saturated rings. The summed E-state index contributed by atoms with van der Waals surface area (Å²) in [7, 11) is 2.13. The van der Waals surface area contributed by atoms with Crippen molar-refractivity contribution < 1.29 is 0 Å². The maximum absolute atomic E-state index is 3.62. The molecule has 1 N–H and O–H groups in total. The molecule has 1 saturated carbocycles. The number of fused-ring (bicyclic) bond motifs is 1. The first-order valence-corrected chi connectivity index (χ1v) is 8.32. The molecular formula is C20H27N. The molecule has 0 heterocycles. The minimum atomic E-state index is 0.350. The lowest BCUT2D eigenvalue weighted by Gasteiger charge is -2.49. The molecule has 1 heteroatoms. The molecule has 0 saturated heterocycles. The van der Waals surface area contributed by atoms with E-state index in [1.54, 1.807) is 0 Å². The van der Waals surface area contributed by atoms with Crippen LogP contribution in [0.2, 0.25) is 0 Å². The van der Waals surface area contributed by atoms with Gasteiger partial charge in [-0.3, -0.25) is 0 Å². The van der Waals surface area contributed by atoms with Gasteiger partial charge in [0, 0.05) is 11.5 Å². The molecule has 0 amide bonds. The molecule has 3 rings (SSSR count). The number of benzene rings is 2. The maximum Gasteiger partial charge on any atom is 0.0163 e. The standard InChI is InChI=1S/C20H27N/c1-15(2)13-19(21-3)20(11-6-12-20)18-10-9-16-7-4-5-8-17(16)14-18/h4-5,7-10,14-15,19,21H,6,11-13H2,1-3H3. The van der Waals surface area contributed by atoms with Crippen molar-refractivity contribution in [3.8, 4) is 0 Å². The molecule has 1 aliphatic carbocycles. The fourth-order valence-corrected chi connectivity index (χ4v) is 3.99. The monoisotopic (exact) mass is 281 g/mol. The first kappa shape index (κ1) is 14.6. The van der Waals surface area contributed by atoms with Crippen molar-refractivity contribution in [2.24, 2.45) is 5.92 Å². The van der Waals surface area contributed by atoms with E-state index in [1.807, 2.05) is 0 Å². The van der Waals surface area contributed by atoms with Crippen LogP contribution >= 0.6 is 0 Å². The van der Waals surface area contributed by atoms with E-state index < -0.39 is 0 Å². The Kier molecular flexibility index (Phi) is 4.03. The molecule has 0 spiro atoms. The van der Waals surface area contributed by atoms with E-state index in [4.69, 9.17) is 0 Å². The van der Waals surface area contributed by atoms with E-state index in [2.05, 4.69) is 68.7 Å². The van der Waals surface area contributed by atoms with Crippen LogP contribution in [0, 0.1) is 5.92 Å². The third kappa shape index (κ3) is 2.60. The quantitative estimate of drug-likeness (QED) is 0.822. The lowest BCUT2D eigenvalue weighted by molar-refractivity contribution is 0.157. The minimum Gasteiger partial charge on any atom is -0.316 e. The zero-order chi connectivity index (χ0) is 14.9. The zero-order valence-corrected chi connectivity index (χ0v) is 13.5. The van der Waals surface area contributed by atoms with Crippen LogP contribution in [0.25, 0.3) is 10.8 Å². The van der Waals surface area contributed by atoms with Gasteiger partial charge >= 0.3 is 0 Å². The van der Waals surface area contributed by atoms with Crippen molar-refractivity contribution >= 4 is 10.8 Å². The lowest BCUT2D eigenvalue weighted by atomic mass is 9.58. The lowest BCUT2D eigenvalue weighted by Crippen LogP contribution is -2.52. The Morgan fingerprint density at radius 2 is 1.76 bits per heavy atom. The van der Waals surface area contributed by atoms with Crippen LogP contribution in [0.3, 0.4) is 0 Å². The van der Waals surface area contributed by atoms with Crippen LogP contribution in [-0.4, -0.2) is 13.1 Å². The third-order valence-electron chi connectivity index (χ3n) is 5.29. The number of likely N-dealkylation sites (N-methyl/N-ethyl adjacent to an activating group) is 1. The van der Waals surface area contributed by atoms with Crippen molar-refractivity contribution in [3.05, 3.63) is 48.0 Å². The summed E-state index contributed by atoms with van der Waals surface area (Å²) >= 11 is 0. The smallest absolute Gasteiger partial charge is 0.0163 e. The Bertz CT molecular complexity index is 610. The molecule has 21 heavy (non-hydrogen) atoms. The average Bonchev–Trinajstić information content (AvgIpc) is 2.44. The highest BCUT2D eigenvalue weighted by Crippen LogP contribution is 2.48. The minimum absolute atomic E-state index is 0.350. The summed E-state index contributed by atoms with van der Waals surface area (Å²) in [5.41, 5.74) is 1.88. The van der Waals surface area contributed by atoms with Crippen LogP contribution in [0.5, 0.6) is 0 Å². The number of hydrogen-bond acceptors (Lipinski definition) is 1. The highest BCUT2D eigenvalue weighted by atomic mass is 14.9. The van der Waals surface area contributed by atoms with E-state index in [0.717, 1.165) is 5.92 Å². The van der Waals surface area contributed by atoms with Gasteiger partial charge in [-0.2, -0.15) is 0 Å². The number of rotatable bonds is 5. The van der Waals surface area contributed by atoms with Crippen molar-refractivity contribution in [2.75, 3.05) is 7.05 Å². The molecule has 1 nitrogen and oxygen atoms in total. The van der Waals surface area contributed by atoms with Crippen molar-refractivity contribution in [1.82, 2.24) is 5.32 Å². The van der Waals surface area contributed by atoms with Crippen LogP contribution in [0.1, 0.15) is 45.1 Å². The molecule has 1 unspecified atom stereocenters. The maximum atomic E-state index is 3.62. The molecule has 2 aromatic carbocycles. The molecule has 0 bridgehead atoms. The SMILES string of the molecule is CNC(CC(C)C)C1(c2ccc3ccccc3c2)CCC1. The second kappa shape index (κ2) is 5.81. The van der Waals surface area contributed by atoms with Gasteiger partial charge in [-0.05, 0) is 48.6 Å². The average molecular weight is 281 g/mol. The predicted molar refractivity (Wildman–Crippen MR) is 91.8 cm³/mol. The molecule has 112 valence electrons. The third-order valence-corrected chi connectivity index (χ3v) is 5.29. The summed E-state index contributed by atoms with van der Waals surface area (Å²) in [5, 5.41) is 6.35. The summed E-state index contributed by atoms with van der Waals surface area (Å²) in [6, 6.07) is 16.4. The summed E-state index contributed by atoms with van der Waals surface area (Å²) in [4.78, 5) is 0. The normalized spacial score (nSPS) is 18.7. The van der Waals surface area contributed by atoms with Crippen LogP contribution in [0.4, 0.5) is 0 Å². The highest BCUT2D eigenvalue weighted by Gasteiger charge is 2.44. The van der Waals surface area contributed by atoms with Crippen molar-refractivity contribution in [1.29, 1.82) is 0 Å². The molecular weight excluding hydrogens is 254 g/mol. The van der Waals surface area contributed by atoms with E-state index in [9.17, 15) is 0 Å². The molecule has 1 aliphatic rings. The largest absolute Gasteiger partial charge is 0.316 e. The van der Waals surface area contributed by atoms with Crippen molar-refractivity contribution in [3.63, 3.8) is 0 Å². The Balaban J connectivity index is 2.00. The van der Waals surface area contributed by atoms with Gasteiger partial charge in [0.15, 0.2) is 0 Å². The van der Waals surface area contributed by atoms with Gasteiger partial charge in [-0.15, -0.1) is 0 Å². The van der Waals surface area contributed by atoms with E-state index in [1.165, 1.54) is 42.0 Å². The fourth-order valence-electron chi connectivity index (χ4n) is 3.99. The zero-order valence-electron chi connectivity index (χ0n) is 13.5. The highest BCUT2D eigenvalue weighted by molar-refractivity contribution is 5.83. The van der Waals surface area contributed by atoms with Crippen molar-refractivity contribution in [2.45, 2.75) is 51.0 Å². The van der Waals surface area contributed by atoms with Crippen LogP contribution < -0.4 is 5.32 Å². The Hall–Kier alpha value is -1.34. The van der Waals surface area contributed by atoms with E-state index >= 15 is 0 Å². The van der Waals surface area contributed by atoms with Gasteiger partial charge in [0.2, 0.25) is 0 Å². The Morgan fingerprint density at radius 1 is 1.05 bits per heavy atom. The second-order valence-electron chi connectivity index (χ2n) is 7.04. The fraction of sp³-hybridized carbons (Fsp3) is 0.500. The topological polar surface area (TPSA) is 12.0 Å². The van der Waals surface area contributed by atoms with Gasteiger partial charge in [0.1, 0.15) is 0 Å². The van der Waals surface area contributed by atoms with Gasteiger partial charge in [0.25, 0.3) is 0 Å². The number of nitrogens with one attached hydrogen (secondary N) is 1. The summed E-state index contributed by atoms with van der Waals surface area (Å²) in [6.07, 6.45) is 5.26. The first-order valence-electron chi connectivity index (χ1n) is 8.32. The molecule has 0 radical (unpaired) electrons. The Labute approximate surface area is 128 Å². The first-order chi connectivity index (χ1) is 10.2.